The summed E-state index contributed by atoms with van der Waals surface area (Å²) in [4.78, 5) is 13.4. The van der Waals surface area contributed by atoms with Crippen LogP contribution in [0, 0.1) is 11.3 Å². The zero-order valence-corrected chi connectivity index (χ0v) is 13.6. The van der Waals surface area contributed by atoms with Crippen LogP contribution < -0.4 is 10.6 Å². The maximum atomic E-state index is 12.2. The molecule has 5 heteroatoms. The minimum atomic E-state index is -0.156. The molecule has 21 heavy (non-hydrogen) atoms. The van der Waals surface area contributed by atoms with Gasteiger partial charge in [-0.1, -0.05) is 39.0 Å². The van der Waals surface area contributed by atoms with Crippen molar-refractivity contribution in [2.24, 2.45) is 11.3 Å². The Morgan fingerprint density at radius 3 is 2.76 bits per heavy atom. The van der Waals surface area contributed by atoms with Gasteiger partial charge in [-0.25, -0.2) is 4.79 Å². The zero-order valence-electron chi connectivity index (χ0n) is 12.8. The van der Waals surface area contributed by atoms with Gasteiger partial charge in [-0.3, -0.25) is 0 Å². The van der Waals surface area contributed by atoms with Crippen LogP contribution in [-0.4, -0.2) is 23.8 Å². The normalized spacial score (nSPS) is 23.0. The molecule has 0 bridgehead atoms. The third-order valence-electron chi connectivity index (χ3n) is 3.69. The minimum absolute atomic E-state index is 0.00565. The summed E-state index contributed by atoms with van der Waals surface area (Å²) in [5, 5.41) is 17.2. The molecule has 3 N–H and O–H groups in total. The number of amides is 2. The summed E-state index contributed by atoms with van der Waals surface area (Å²) in [6, 6.07) is 3.89. The van der Waals surface area contributed by atoms with Gasteiger partial charge in [0.2, 0.25) is 0 Å². The van der Waals surface area contributed by atoms with Gasteiger partial charge in [0.05, 0.1) is 6.04 Å². The Bertz CT molecular complexity index is 491. The van der Waals surface area contributed by atoms with Crippen LogP contribution in [0.15, 0.2) is 29.7 Å². The van der Waals surface area contributed by atoms with Crippen LogP contribution in [0.3, 0.4) is 0 Å². The van der Waals surface area contributed by atoms with Crippen LogP contribution in [0.2, 0.25) is 0 Å². The molecular weight excluding hydrogens is 284 g/mol. The van der Waals surface area contributed by atoms with E-state index in [9.17, 15) is 4.79 Å². The molecule has 3 atom stereocenters. The number of rotatable bonds is 4. The van der Waals surface area contributed by atoms with E-state index in [-0.39, 0.29) is 36.1 Å². The molecule has 1 aromatic heterocycles. The van der Waals surface area contributed by atoms with Gasteiger partial charge in [0.25, 0.3) is 0 Å². The first-order chi connectivity index (χ1) is 9.90. The fraction of sp³-hybridized carbons (Fsp3) is 0.562. The molecule has 1 aliphatic rings. The molecule has 1 aromatic rings. The van der Waals surface area contributed by atoms with E-state index in [0.717, 1.165) is 11.3 Å². The molecular formula is C16H24N2O2S. The monoisotopic (exact) mass is 308 g/mol. The van der Waals surface area contributed by atoms with Gasteiger partial charge in [-0.15, -0.1) is 11.3 Å². The SMILES string of the molecule is CC(C)(C)C(NC(=O)N[C@@H]1C=C[C@H](CO)C1)c1cccs1. The van der Waals surface area contributed by atoms with E-state index >= 15 is 0 Å². The molecule has 4 nitrogen and oxygen atoms in total. The second-order valence-electron chi connectivity index (χ2n) is 6.60. The second kappa shape index (κ2) is 6.62. The molecule has 0 aliphatic heterocycles. The highest BCUT2D eigenvalue weighted by Crippen LogP contribution is 2.35. The first kappa shape index (κ1) is 16.0. The lowest BCUT2D eigenvalue weighted by Crippen LogP contribution is -2.45. The number of aliphatic hydroxyl groups is 1. The summed E-state index contributed by atoms with van der Waals surface area (Å²) >= 11 is 1.66. The number of urea groups is 1. The van der Waals surface area contributed by atoms with E-state index in [2.05, 4.69) is 37.5 Å². The number of aliphatic hydroxyl groups excluding tert-OH is 1. The summed E-state index contributed by atoms with van der Waals surface area (Å²) in [6.07, 6.45) is 4.69. The maximum Gasteiger partial charge on any atom is 0.315 e. The van der Waals surface area contributed by atoms with E-state index in [4.69, 9.17) is 5.11 Å². The lowest BCUT2D eigenvalue weighted by atomic mass is 9.86. The van der Waals surface area contributed by atoms with Crippen molar-refractivity contribution in [3.63, 3.8) is 0 Å². The van der Waals surface area contributed by atoms with E-state index in [1.165, 1.54) is 0 Å². The zero-order chi connectivity index (χ0) is 15.5. The van der Waals surface area contributed by atoms with Gasteiger partial charge >= 0.3 is 6.03 Å². The topological polar surface area (TPSA) is 61.4 Å². The molecule has 1 aliphatic carbocycles. The van der Waals surface area contributed by atoms with Crippen LogP contribution in [-0.2, 0) is 0 Å². The molecule has 0 fully saturated rings. The number of thiophene rings is 1. The molecule has 0 saturated heterocycles. The van der Waals surface area contributed by atoms with Gasteiger partial charge in [0.15, 0.2) is 0 Å². The number of carbonyl (C=O) groups excluding carboxylic acids is 1. The maximum absolute atomic E-state index is 12.2. The van der Waals surface area contributed by atoms with Crippen LogP contribution in [0.5, 0.6) is 0 Å². The molecule has 1 unspecified atom stereocenters. The van der Waals surface area contributed by atoms with Gasteiger partial charge in [0, 0.05) is 23.4 Å². The molecule has 116 valence electrons. The van der Waals surface area contributed by atoms with E-state index in [0.29, 0.717) is 0 Å². The Morgan fingerprint density at radius 2 is 2.24 bits per heavy atom. The minimum Gasteiger partial charge on any atom is -0.396 e. The van der Waals surface area contributed by atoms with Gasteiger partial charge in [0.1, 0.15) is 0 Å². The largest absolute Gasteiger partial charge is 0.396 e. The van der Waals surface area contributed by atoms with Crippen molar-refractivity contribution in [1.82, 2.24) is 10.6 Å². The molecule has 0 spiro atoms. The van der Waals surface area contributed by atoms with Crippen molar-refractivity contribution < 1.29 is 9.90 Å². The van der Waals surface area contributed by atoms with Crippen LogP contribution in [0.25, 0.3) is 0 Å². The van der Waals surface area contributed by atoms with E-state index in [1.54, 1.807) is 11.3 Å². The standard InChI is InChI=1S/C16H24N2O2S/c1-16(2,3)14(13-5-4-8-21-13)18-15(20)17-12-7-6-11(9-12)10-19/h4-8,11-12,14,19H,9-10H2,1-3H3,(H2,17,18,20)/t11-,12+,14?/m0/s1. The highest BCUT2D eigenvalue weighted by Gasteiger charge is 2.29. The van der Waals surface area contributed by atoms with Crippen molar-refractivity contribution in [3.8, 4) is 0 Å². The van der Waals surface area contributed by atoms with Gasteiger partial charge in [-0.05, 0) is 23.3 Å². The molecule has 0 radical (unpaired) electrons. The Morgan fingerprint density at radius 1 is 1.48 bits per heavy atom. The summed E-state index contributed by atoms with van der Waals surface area (Å²) in [5.74, 6) is 0.158. The Labute approximate surface area is 130 Å². The highest BCUT2D eigenvalue weighted by molar-refractivity contribution is 7.10. The molecule has 2 rings (SSSR count). The van der Waals surface area contributed by atoms with Crippen molar-refractivity contribution in [1.29, 1.82) is 0 Å². The van der Waals surface area contributed by atoms with Crippen LogP contribution >= 0.6 is 11.3 Å². The third kappa shape index (κ3) is 4.32. The quantitative estimate of drug-likeness (QED) is 0.749. The van der Waals surface area contributed by atoms with Crippen molar-refractivity contribution in [2.75, 3.05) is 6.61 Å². The van der Waals surface area contributed by atoms with E-state index in [1.807, 2.05) is 23.6 Å². The van der Waals surface area contributed by atoms with Crippen molar-refractivity contribution >= 4 is 17.4 Å². The highest BCUT2D eigenvalue weighted by atomic mass is 32.1. The Hall–Kier alpha value is -1.33. The molecule has 0 aromatic carbocycles. The fourth-order valence-electron chi connectivity index (χ4n) is 2.53. The van der Waals surface area contributed by atoms with Crippen molar-refractivity contribution in [3.05, 3.63) is 34.5 Å². The summed E-state index contributed by atoms with van der Waals surface area (Å²) in [7, 11) is 0. The molecule has 0 saturated carbocycles. The summed E-state index contributed by atoms with van der Waals surface area (Å²) in [6.45, 7) is 6.49. The van der Waals surface area contributed by atoms with E-state index < -0.39 is 0 Å². The smallest absolute Gasteiger partial charge is 0.315 e. The predicted octanol–water partition coefficient (Wildman–Crippen LogP) is 3.07. The number of nitrogens with one attached hydrogen (secondary N) is 2. The van der Waals surface area contributed by atoms with Crippen LogP contribution in [0.4, 0.5) is 4.79 Å². The lowest BCUT2D eigenvalue weighted by molar-refractivity contribution is 0.214. The van der Waals surface area contributed by atoms with Gasteiger partial charge < -0.3 is 15.7 Å². The number of hydrogen-bond donors (Lipinski definition) is 3. The summed E-state index contributed by atoms with van der Waals surface area (Å²) < 4.78 is 0. The van der Waals surface area contributed by atoms with Crippen LogP contribution in [0.1, 0.15) is 38.1 Å². The number of carbonyl (C=O) groups is 1. The average molecular weight is 308 g/mol. The fourth-order valence-corrected chi connectivity index (χ4v) is 3.55. The lowest BCUT2D eigenvalue weighted by Gasteiger charge is -2.31. The third-order valence-corrected chi connectivity index (χ3v) is 4.63. The Kier molecular flexibility index (Phi) is 5.06. The second-order valence-corrected chi connectivity index (χ2v) is 7.58. The van der Waals surface area contributed by atoms with Crippen molar-refractivity contribution in [2.45, 2.75) is 39.3 Å². The first-order valence-corrected chi connectivity index (χ1v) is 8.17. The first-order valence-electron chi connectivity index (χ1n) is 7.29. The predicted molar refractivity (Wildman–Crippen MR) is 86.3 cm³/mol. The Balaban J connectivity index is 1.95. The number of hydrogen-bond acceptors (Lipinski definition) is 3. The molecule has 2 amide bonds. The average Bonchev–Trinajstić information content (AvgIpc) is 3.05. The molecule has 1 heterocycles. The van der Waals surface area contributed by atoms with Gasteiger partial charge in [-0.2, -0.15) is 0 Å². The summed E-state index contributed by atoms with van der Waals surface area (Å²) in [5.41, 5.74) is -0.0542.